The van der Waals surface area contributed by atoms with Gasteiger partial charge in [0, 0.05) is 130 Å². The number of nitrogens with zero attached hydrogens (tertiary/aromatic N) is 9. The number of fused-ring (bicyclic) bond motifs is 1. The van der Waals surface area contributed by atoms with E-state index in [1.807, 2.05) is 0 Å². The highest BCUT2D eigenvalue weighted by atomic mass is 19.3. The van der Waals surface area contributed by atoms with Crippen molar-refractivity contribution >= 4 is 87.8 Å². The van der Waals surface area contributed by atoms with Crippen molar-refractivity contribution in [1.29, 1.82) is 5.26 Å². The van der Waals surface area contributed by atoms with Crippen molar-refractivity contribution in [3.8, 4) is 6.07 Å². The van der Waals surface area contributed by atoms with E-state index in [0.29, 0.717) is 10.5 Å². The number of aliphatic carboxylic acids is 4. The fourth-order valence-corrected chi connectivity index (χ4v) is 10.2. The largest absolute Gasteiger partial charge is 0.480 e. The molecular formula is C59H80F2N16O15. The molecule has 2 aliphatic rings. The van der Waals surface area contributed by atoms with Crippen LogP contribution < -0.4 is 37.6 Å². The topological polar surface area (TPSA) is 435 Å². The number of benzene rings is 2. The van der Waals surface area contributed by atoms with E-state index in [-0.39, 0.29) is 139 Å². The molecule has 0 spiro atoms. The maximum Gasteiger partial charge on any atom is 0.320 e. The van der Waals surface area contributed by atoms with E-state index in [1.54, 1.807) is 70.1 Å². The summed E-state index contributed by atoms with van der Waals surface area (Å²) in [6, 6.07) is 11.1. The maximum absolute atomic E-state index is 14.2. The fraction of sp³-hybridized carbons (Fsp3) is 0.525. The van der Waals surface area contributed by atoms with Gasteiger partial charge in [-0.15, -0.1) is 0 Å². The molecule has 0 bridgehead atoms. The minimum Gasteiger partial charge on any atom is -0.480 e. The van der Waals surface area contributed by atoms with Crippen LogP contribution in [0.2, 0.25) is 0 Å². The number of amides is 7. The molecule has 7 amide bonds. The zero-order chi connectivity index (χ0) is 67.5. The molecular weight excluding hydrogens is 1210 g/mol. The first-order valence-corrected chi connectivity index (χ1v) is 29.7. The standard InChI is InChI=1S/C59H80F2N16O15/c1-72(2)58(63)67-18-7-12-43(70-48(80)16-15-47(79)69-42-11-6-10-40-41(17-19-65-53(40)42)54(88)68-33-49(81)77-37-59(60,61)31-39(77)32-62)56(90)71-44(30-38-8-4-3-5-9-38)55(89)66-21-20-64-46(78)14-13-45(57(91)92)76-28-26-74(35-51(84)85)24-22-73(34-50(82)83)23-25-75(27-29-76)36-52(86)87/h3-6,8-11,17,19,39,43-45H,7,12-16,18,20-31,33-37H2,1-2H3,(H2,63,67)(H,64,78)(H,66,89)(H,68,88)(H,69,79)(H,70,80)(H,71,90)(H,82,83)(H,84,85)(H,86,87)(H,91,92)/t39-,43?,44-,45?/m0/s1. The van der Waals surface area contributed by atoms with Crippen LogP contribution in [-0.4, -0.2) is 275 Å². The highest BCUT2D eigenvalue weighted by Gasteiger charge is 2.47. The van der Waals surface area contributed by atoms with Crippen LogP contribution in [0.3, 0.4) is 0 Å². The summed E-state index contributed by atoms with van der Waals surface area (Å²) < 4.78 is 28.0. The quantitative estimate of drug-likeness (QED) is 0.0193. The van der Waals surface area contributed by atoms with Gasteiger partial charge in [-0.25, -0.2) is 8.78 Å². The number of carbonyl (C=O) groups is 11. The number of carboxylic acids is 4. The van der Waals surface area contributed by atoms with Crippen LogP contribution in [0, 0.1) is 11.3 Å². The highest BCUT2D eigenvalue weighted by molar-refractivity contribution is 6.11. The van der Waals surface area contributed by atoms with Crippen molar-refractivity contribution in [2.75, 3.05) is 124 Å². The number of alkyl halides is 2. The number of nitrogens with one attached hydrogen (secondary N) is 6. The third kappa shape index (κ3) is 24.7. The van der Waals surface area contributed by atoms with Gasteiger partial charge < -0.3 is 67.9 Å². The lowest BCUT2D eigenvalue weighted by Gasteiger charge is -2.35. The van der Waals surface area contributed by atoms with Gasteiger partial charge in [0.1, 0.15) is 24.2 Å². The predicted molar refractivity (Wildman–Crippen MR) is 327 cm³/mol. The molecule has 0 radical (unpaired) electrons. The van der Waals surface area contributed by atoms with E-state index in [4.69, 9.17) is 5.73 Å². The Morgan fingerprint density at radius 1 is 0.717 bits per heavy atom. The highest BCUT2D eigenvalue weighted by Crippen LogP contribution is 2.32. The number of pyridine rings is 1. The molecule has 92 heavy (non-hydrogen) atoms. The molecule has 12 N–H and O–H groups in total. The van der Waals surface area contributed by atoms with Crippen LogP contribution in [0.4, 0.5) is 14.5 Å². The van der Waals surface area contributed by atoms with Crippen molar-refractivity contribution in [3.05, 3.63) is 71.9 Å². The van der Waals surface area contributed by atoms with Gasteiger partial charge >= 0.3 is 23.9 Å². The van der Waals surface area contributed by atoms with Crippen molar-refractivity contribution in [3.63, 3.8) is 0 Å². The first-order chi connectivity index (χ1) is 43.7. The monoisotopic (exact) mass is 1290 g/mol. The molecule has 2 unspecified atom stereocenters. The van der Waals surface area contributed by atoms with Crippen LogP contribution in [0.1, 0.15) is 60.9 Å². The molecule has 2 fully saturated rings. The Morgan fingerprint density at radius 2 is 1.32 bits per heavy atom. The van der Waals surface area contributed by atoms with E-state index in [1.165, 1.54) is 35.4 Å². The molecule has 2 aliphatic heterocycles. The van der Waals surface area contributed by atoms with Crippen LogP contribution in [-0.2, 0) is 54.4 Å². The van der Waals surface area contributed by atoms with Crippen LogP contribution >= 0.6 is 0 Å². The number of halogens is 2. The smallest absolute Gasteiger partial charge is 0.320 e. The predicted octanol–water partition coefficient (Wildman–Crippen LogP) is -1.75. The number of likely N-dealkylation sites (tertiary alicyclic amines) is 1. The molecule has 33 heteroatoms. The van der Waals surface area contributed by atoms with Gasteiger partial charge in [-0.05, 0) is 37.0 Å². The number of hydrogen-bond donors (Lipinski definition) is 11. The summed E-state index contributed by atoms with van der Waals surface area (Å²) in [7, 11) is 3.37. The first kappa shape index (κ1) is 73.2. The van der Waals surface area contributed by atoms with Crippen molar-refractivity contribution < 1.29 is 81.9 Å². The zero-order valence-electron chi connectivity index (χ0n) is 51.2. The van der Waals surface area contributed by atoms with E-state index in [0.717, 1.165) is 0 Å². The van der Waals surface area contributed by atoms with Crippen LogP contribution in [0.25, 0.3) is 10.9 Å². The lowest BCUT2D eigenvalue weighted by Crippen LogP contribution is -2.55. The Morgan fingerprint density at radius 3 is 1.90 bits per heavy atom. The second-order valence-corrected chi connectivity index (χ2v) is 22.2. The van der Waals surface area contributed by atoms with Gasteiger partial charge in [0.25, 0.3) is 11.8 Å². The summed E-state index contributed by atoms with van der Waals surface area (Å²) in [4.78, 5) is 159. The Kier molecular flexibility index (Phi) is 28.9. The summed E-state index contributed by atoms with van der Waals surface area (Å²) in [5.74, 6) is -12.8. The Labute approximate surface area is 528 Å². The summed E-state index contributed by atoms with van der Waals surface area (Å²) in [5, 5.41) is 64.4. The molecule has 31 nitrogen and oxygen atoms in total. The minimum absolute atomic E-state index is 0.00187. The zero-order valence-corrected chi connectivity index (χ0v) is 51.2. The van der Waals surface area contributed by atoms with Gasteiger partial charge in [-0.3, -0.25) is 82.3 Å². The molecule has 2 saturated heterocycles. The third-order valence-corrected chi connectivity index (χ3v) is 15.0. The SMILES string of the molecule is CN(C)C(N)=NCCCC(NC(=O)CCC(=O)Nc1cccc2c(C(=O)NCC(=O)N3CC(F)(F)C[C@H]3C#N)ccnc12)C(=O)N[C@@H](Cc1ccccc1)C(=O)NCCNC(=O)CCC(C(=O)O)N1CCN(CC(=O)O)CCN(CC(=O)O)CCN(CC(=O)O)CC1. The number of carbonyl (C=O) groups excluding carboxylic acids is 7. The van der Waals surface area contributed by atoms with E-state index in [2.05, 4.69) is 41.9 Å². The number of nitrogens with two attached hydrogens (primary N) is 1. The van der Waals surface area contributed by atoms with Gasteiger partial charge in [-0.2, -0.15) is 5.26 Å². The average molecular weight is 1290 g/mol. The van der Waals surface area contributed by atoms with Crippen LogP contribution in [0.15, 0.2) is 65.8 Å². The molecule has 5 rings (SSSR count). The molecule has 3 aromatic rings. The van der Waals surface area contributed by atoms with Crippen molar-refractivity contribution in [2.24, 2.45) is 10.7 Å². The number of carboxylic acid groups (broad SMARTS) is 4. The van der Waals surface area contributed by atoms with Gasteiger partial charge in [0.2, 0.25) is 35.4 Å². The van der Waals surface area contributed by atoms with E-state index >= 15 is 0 Å². The minimum atomic E-state index is -3.25. The number of nitriles is 1. The van der Waals surface area contributed by atoms with Gasteiger partial charge in [-0.1, -0.05) is 42.5 Å². The third-order valence-electron chi connectivity index (χ3n) is 15.0. The molecule has 2 aromatic carbocycles. The Balaban J connectivity index is 1.20. The normalized spacial score (nSPS) is 17.1. The van der Waals surface area contributed by atoms with Gasteiger partial charge in [0.05, 0.1) is 55.6 Å². The summed E-state index contributed by atoms with van der Waals surface area (Å²) in [6.45, 7) is -2.39. The Hall–Kier alpha value is -9.52. The lowest BCUT2D eigenvalue weighted by atomic mass is 10.0. The molecule has 500 valence electrons. The maximum atomic E-state index is 14.2. The van der Waals surface area contributed by atoms with Gasteiger partial charge in [0.15, 0.2) is 5.96 Å². The van der Waals surface area contributed by atoms with Crippen molar-refractivity contribution in [1.82, 2.24) is 61.0 Å². The summed E-state index contributed by atoms with van der Waals surface area (Å²) in [6.07, 6.45) is -0.686. The number of hydrogen-bond acceptors (Lipinski definition) is 18. The fourth-order valence-electron chi connectivity index (χ4n) is 10.2. The molecule has 4 atom stereocenters. The summed E-state index contributed by atoms with van der Waals surface area (Å²) in [5.41, 5.74) is 6.95. The van der Waals surface area contributed by atoms with Crippen LogP contribution in [0.5, 0.6) is 0 Å². The molecule has 1 aromatic heterocycles. The number of para-hydroxylation sites is 1. The Bertz CT molecular complexity index is 3140. The number of guanidine groups is 1. The number of rotatable bonds is 31. The second kappa shape index (κ2) is 36.4. The molecule has 0 aliphatic carbocycles. The molecule has 0 saturated carbocycles. The number of anilines is 1. The summed E-state index contributed by atoms with van der Waals surface area (Å²) >= 11 is 0. The lowest BCUT2D eigenvalue weighted by molar-refractivity contribution is -0.145. The average Bonchev–Trinajstić information content (AvgIpc) is 1.07. The van der Waals surface area contributed by atoms with E-state index in [9.17, 15) is 87.2 Å². The molecule has 3 heterocycles. The van der Waals surface area contributed by atoms with E-state index < -0.39 is 141 Å². The second-order valence-electron chi connectivity index (χ2n) is 22.2. The number of aromatic nitrogens is 1. The van der Waals surface area contributed by atoms with Crippen molar-refractivity contribution in [2.45, 2.75) is 81.5 Å². The number of aliphatic imine (C=N–C) groups is 1. The first-order valence-electron chi connectivity index (χ1n) is 29.7.